The Hall–Kier alpha value is 0.388. The second-order valence-corrected chi connectivity index (χ2v) is 9.99. The predicted octanol–water partition coefficient (Wildman–Crippen LogP) is -6.73. The quantitative estimate of drug-likeness (QED) is 0.0673. The summed E-state index contributed by atoms with van der Waals surface area (Å²) in [6.07, 6.45) is 0. The van der Waals surface area contributed by atoms with Gasteiger partial charge >= 0.3 is 0 Å². The molecular weight excluding hydrogens is 693 g/mol. The third kappa shape index (κ3) is 40.5. The maximum Gasteiger partial charge on any atom is 0.106 e. The van der Waals surface area contributed by atoms with E-state index in [4.69, 9.17) is 45.0 Å². The summed E-state index contributed by atoms with van der Waals surface area (Å²) in [4.78, 5) is 83.6. The van der Waals surface area contributed by atoms with E-state index >= 15 is 0 Å². The molecule has 40 heavy (non-hydrogen) atoms. The number of hydrogen-bond acceptors (Lipinski definition) is 18. The number of carbonyl (C=O) groups is 3. The Kier molecular flexibility index (Phi) is 52.6. The summed E-state index contributed by atoms with van der Waals surface area (Å²) < 4.78 is 12.7. The number of aliphatic hydroxyl groups excluding tert-OH is 6. The molecule has 0 aromatic carbocycles. The van der Waals surface area contributed by atoms with Crippen molar-refractivity contribution >= 4 is 46.2 Å². The first-order chi connectivity index (χ1) is 18.1. The molecular formula is C18H39MoO18P3-6. The molecule has 0 aromatic heterocycles. The maximum absolute atomic E-state index is 9.93. The van der Waals surface area contributed by atoms with Crippen LogP contribution in [0.15, 0.2) is 0 Å². The van der Waals surface area contributed by atoms with E-state index in [-0.39, 0.29) is 80.5 Å². The molecule has 0 atom stereocenters. The minimum atomic E-state index is -2.90. The molecule has 0 fully saturated rings. The van der Waals surface area contributed by atoms with Gasteiger partial charge in [-0.25, -0.2) is 0 Å². The molecule has 0 aliphatic heterocycles. The first kappa shape index (κ1) is 56.2. The Labute approximate surface area is 251 Å². The van der Waals surface area contributed by atoms with Gasteiger partial charge in [-0.2, -0.15) is 25.8 Å². The van der Waals surface area contributed by atoms with Crippen LogP contribution in [0.4, 0.5) is 0 Å². The average Bonchev–Trinajstić information content (AvgIpc) is 2.97. The third-order valence-electron chi connectivity index (χ3n) is 3.85. The molecule has 0 rings (SSSR count). The van der Waals surface area contributed by atoms with E-state index in [0.29, 0.717) is 0 Å². The molecule has 18 nitrogen and oxygen atoms in total. The molecule has 0 radical (unpaired) electrons. The Balaban J connectivity index is -0.0000000735. The fourth-order valence-electron chi connectivity index (χ4n) is 1.05. The van der Waals surface area contributed by atoms with Crippen LogP contribution in [-0.4, -0.2) is 110 Å². The van der Waals surface area contributed by atoms with Gasteiger partial charge in [0, 0.05) is 37.3 Å². The van der Waals surface area contributed by atoms with Crippen molar-refractivity contribution in [2.45, 2.75) is 20.8 Å². The maximum atomic E-state index is 9.93. The van der Waals surface area contributed by atoms with Gasteiger partial charge in [0.1, 0.15) is 20.4 Å². The zero-order valence-electron chi connectivity index (χ0n) is 22.3. The SMILES string of the molecule is C=O.C=O.C=O.CC(CO)(CO)COP([O-])[O-].CC(CO)(CO)COP([O-])[O-].CC(CO)(CO)COP([O-])[O-].[Mo]. The van der Waals surface area contributed by atoms with Crippen molar-refractivity contribution in [3.63, 3.8) is 0 Å². The monoisotopic (exact) mass is 734 g/mol. The minimum Gasteiger partial charge on any atom is -0.820 e. The van der Waals surface area contributed by atoms with Crippen molar-refractivity contribution in [3.8, 4) is 0 Å². The van der Waals surface area contributed by atoms with E-state index in [9.17, 15) is 29.4 Å². The van der Waals surface area contributed by atoms with E-state index in [0.717, 1.165) is 0 Å². The molecule has 0 aliphatic carbocycles. The number of carbonyl (C=O) groups excluding carboxylic acids is 3. The van der Waals surface area contributed by atoms with Gasteiger partial charge in [0.2, 0.25) is 0 Å². The van der Waals surface area contributed by atoms with Crippen LogP contribution in [0.25, 0.3) is 0 Å². The fraction of sp³-hybridized carbons (Fsp3) is 0.833. The van der Waals surface area contributed by atoms with Crippen LogP contribution in [-0.2, 0) is 49.0 Å². The molecule has 0 saturated carbocycles. The molecule has 246 valence electrons. The summed E-state index contributed by atoms with van der Waals surface area (Å²) in [6, 6.07) is 0. The number of rotatable bonds is 15. The van der Waals surface area contributed by atoms with Gasteiger partial charge in [-0.1, -0.05) is 20.8 Å². The van der Waals surface area contributed by atoms with Crippen LogP contribution < -0.4 is 29.4 Å². The molecule has 0 heterocycles. The second kappa shape index (κ2) is 37.4. The van der Waals surface area contributed by atoms with E-state index < -0.39 is 42.1 Å². The minimum absolute atomic E-state index is 0. The predicted molar refractivity (Wildman–Crippen MR) is 127 cm³/mol. The molecule has 0 saturated heterocycles. The zero-order valence-corrected chi connectivity index (χ0v) is 27.0. The third-order valence-corrected chi connectivity index (χ3v) is 4.87. The summed E-state index contributed by atoms with van der Waals surface area (Å²) in [5, 5.41) is 52.0. The van der Waals surface area contributed by atoms with Crippen molar-refractivity contribution in [1.82, 2.24) is 0 Å². The van der Waals surface area contributed by atoms with Gasteiger partial charge in [-0.3, -0.25) is 0 Å². The Morgan fingerprint density at radius 3 is 0.675 bits per heavy atom. The molecule has 0 spiro atoms. The van der Waals surface area contributed by atoms with Crippen molar-refractivity contribution < 1.29 is 109 Å². The van der Waals surface area contributed by atoms with Gasteiger partial charge in [-0.05, 0) is 0 Å². The molecule has 0 aliphatic rings. The first-order valence-electron chi connectivity index (χ1n) is 9.95. The molecule has 22 heteroatoms. The summed E-state index contributed by atoms with van der Waals surface area (Å²) in [5.74, 6) is 0. The summed E-state index contributed by atoms with van der Waals surface area (Å²) in [6.45, 7) is 8.09. The van der Waals surface area contributed by atoms with E-state index in [1.54, 1.807) is 0 Å². The fourth-order valence-corrected chi connectivity index (χ4v) is 2.30. The van der Waals surface area contributed by atoms with Crippen LogP contribution >= 0.6 is 25.8 Å². The number of hydrogen-bond donors (Lipinski definition) is 6. The standard InChI is InChI=1S/3C5H11O5P.3CH2O.Mo/c3*1-5(2-6,3-7)4-10-11(8)9;3*1-2;/h3*6-7H,2-4H2,1H3;3*1H2;/q3*-2;;;;. The van der Waals surface area contributed by atoms with Crippen LogP contribution in [0.2, 0.25) is 0 Å². The topological polar surface area (TPSA) is 339 Å². The molecule has 6 N–H and O–H groups in total. The van der Waals surface area contributed by atoms with E-state index in [1.807, 2.05) is 20.4 Å². The Bertz CT molecular complexity index is 420. The van der Waals surface area contributed by atoms with E-state index in [2.05, 4.69) is 13.6 Å². The molecule has 0 aromatic rings. The van der Waals surface area contributed by atoms with Crippen molar-refractivity contribution in [1.29, 1.82) is 0 Å². The van der Waals surface area contributed by atoms with Crippen LogP contribution in [0.3, 0.4) is 0 Å². The van der Waals surface area contributed by atoms with Crippen molar-refractivity contribution in [2.75, 3.05) is 59.5 Å². The van der Waals surface area contributed by atoms with Gasteiger partial charge in [0.05, 0.1) is 59.5 Å². The zero-order chi connectivity index (χ0) is 32.7. The van der Waals surface area contributed by atoms with E-state index in [1.165, 1.54) is 20.8 Å². The van der Waals surface area contributed by atoms with Crippen LogP contribution in [0.5, 0.6) is 0 Å². The van der Waals surface area contributed by atoms with Gasteiger partial charge < -0.3 is 88.0 Å². The summed E-state index contributed by atoms with van der Waals surface area (Å²) >= 11 is 0. The molecule has 0 unspecified atom stereocenters. The van der Waals surface area contributed by atoms with Crippen molar-refractivity contribution in [2.24, 2.45) is 16.2 Å². The summed E-state index contributed by atoms with van der Waals surface area (Å²) in [7, 11) is -8.70. The van der Waals surface area contributed by atoms with Crippen LogP contribution in [0.1, 0.15) is 20.8 Å². The van der Waals surface area contributed by atoms with Crippen LogP contribution in [0, 0.1) is 16.2 Å². The normalized spacial score (nSPS) is 10.7. The summed E-state index contributed by atoms with van der Waals surface area (Å²) in [5.41, 5.74) is -2.64. The average molecular weight is 732 g/mol. The second-order valence-electron chi connectivity index (χ2n) is 7.87. The molecule has 0 bridgehead atoms. The Morgan fingerprint density at radius 2 is 0.600 bits per heavy atom. The van der Waals surface area contributed by atoms with Gasteiger partial charge in [-0.15, -0.1) is 0 Å². The molecule has 0 amide bonds. The largest absolute Gasteiger partial charge is 0.820 e. The smallest absolute Gasteiger partial charge is 0.106 e. The number of aliphatic hydroxyl groups is 6. The van der Waals surface area contributed by atoms with Gasteiger partial charge in [0.25, 0.3) is 0 Å². The van der Waals surface area contributed by atoms with Gasteiger partial charge in [0.15, 0.2) is 0 Å². The Morgan fingerprint density at radius 1 is 0.475 bits per heavy atom. The van der Waals surface area contributed by atoms with Crippen molar-refractivity contribution in [3.05, 3.63) is 0 Å². The first-order valence-corrected chi connectivity index (χ1v) is 13.2.